The zero-order valence-corrected chi connectivity index (χ0v) is 27.1. The Morgan fingerprint density at radius 2 is 1.70 bits per heavy atom. The topological polar surface area (TPSA) is 125 Å². The Labute approximate surface area is 275 Å². The van der Waals surface area contributed by atoms with E-state index in [-0.39, 0.29) is 43.8 Å². The van der Waals surface area contributed by atoms with Crippen LogP contribution in [-0.2, 0) is 28.7 Å². The Morgan fingerprint density at radius 3 is 2.43 bits per heavy atom. The number of amides is 3. The van der Waals surface area contributed by atoms with Crippen LogP contribution in [0, 0.1) is 25.7 Å². The standard InChI is InChI=1S/C37H43N3O7/c1-23-13-11-14-24(2)31(23)39-21-12-19-37-30(34(43)40(20-9-10-22-41)33(37)35(39)44)29-27(47-37)17-7-8-18-28(42)38-25(3)32(46-36(29)45)26-15-5-4-6-16-26/h4-7,11-17,19,25,27,29-30,32-33,41H,8-10,18,20-22H2,1-3H3,(H,38,42)/b17-7-/t25-,27-,29+,30+,32+,33-,37+/m0/s1. The van der Waals surface area contributed by atoms with E-state index in [1.807, 2.05) is 74.5 Å². The monoisotopic (exact) mass is 641 g/mol. The minimum absolute atomic E-state index is 0.0441. The van der Waals surface area contributed by atoms with E-state index in [0.717, 1.165) is 16.8 Å². The molecule has 10 nitrogen and oxygen atoms in total. The second kappa shape index (κ2) is 13.4. The third kappa shape index (κ3) is 5.89. The van der Waals surface area contributed by atoms with Crippen molar-refractivity contribution in [2.24, 2.45) is 11.8 Å². The van der Waals surface area contributed by atoms with Crippen LogP contribution in [0.5, 0.6) is 0 Å². The maximum Gasteiger partial charge on any atom is 0.313 e. The van der Waals surface area contributed by atoms with Gasteiger partial charge in [0.25, 0.3) is 5.91 Å². The van der Waals surface area contributed by atoms with Gasteiger partial charge < -0.3 is 29.7 Å². The van der Waals surface area contributed by atoms with Gasteiger partial charge in [0.2, 0.25) is 11.8 Å². The van der Waals surface area contributed by atoms with Crippen LogP contribution < -0.4 is 10.2 Å². The number of para-hydroxylation sites is 1. The summed E-state index contributed by atoms with van der Waals surface area (Å²) < 4.78 is 13.1. The lowest BCUT2D eigenvalue weighted by molar-refractivity contribution is -0.161. The van der Waals surface area contributed by atoms with Crippen molar-refractivity contribution < 1.29 is 33.8 Å². The van der Waals surface area contributed by atoms with Crippen molar-refractivity contribution in [2.45, 2.75) is 76.3 Å². The second-order valence-corrected chi connectivity index (χ2v) is 13.0. The number of aryl methyl sites for hydroxylation is 2. The number of benzene rings is 2. The van der Waals surface area contributed by atoms with Gasteiger partial charge in [-0.1, -0.05) is 72.8 Å². The van der Waals surface area contributed by atoms with E-state index in [2.05, 4.69) is 5.32 Å². The van der Waals surface area contributed by atoms with E-state index in [4.69, 9.17) is 9.47 Å². The SMILES string of the molecule is Cc1cccc(C)c1N1CC=C[C@@]23O[C@H]4/C=C\CCC(=O)N[C@@H](C)[C@H](c5ccccc5)OC(=O)[C@H]4[C@@H]2C(=O)N(CCCCO)[C@H]3C1=O. The number of likely N-dealkylation sites (tertiary alicyclic amines) is 1. The highest BCUT2D eigenvalue weighted by Gasteiger charge is 2.71. The highest BCUT2D eigenvalue weighted by Crippen LogP contribution is 2.53. The molecule has 4 aliphatic heterocycles. The van der Waals surface area contributed by atoms with Gasteiger partial charge >= 0.3 is 5.97 Å². The molecule has 3 amide bonds. The molecule has 0 bridgehead atoms. The smallest absolute Gasteiger partial charge is 0.313 e. The number of cyclic esters (lactones) is 1. The molecular formula is C37H43N3O7. The zero-order chi connectivity index (χ0) is 33.3. The first-order chi connectivity index (χ1) is 22.7. The van der Waals surface area contributed by atoms with E-state index in [1.165, 1.54) is 0 Å². The number of anilines is 1. The maximum atomic E-state index is 14.8. The molecule has 2 saturated heterocycles. The number of nitrogens with one attached hydrogen (secondary N) is 1. The predicted octanol–water partition coefficient (Wildman–Crippen LogP) is 3.70. The van der Waals surface area contributed by atoms with Crippen LogP contribution in [0.2, 0.25) is 0 Å². The number of esters is 1. The number of aliphatic hydroxyl groups excluding tert-OH is 1. The van der Waals surface area contributed by atoms with Crippen LogP contribution in [0.1, 0.15) is 55.4 Å². The average Bonchev–Trinajstić information content (AvgIpc) is 3.43. The van der Waals surface area contributed by atoms with Gasteiger partial charge in [0.1, 0.15) is 23.7 Å². The van der Waals surface area contributed by atoms with Gasteiger partial charge in [-0.05, 0) is 56.7 Å². The molecule has 0 unspecified atom stereocenters. The average molecular weight is 642 g/mol. The number of carbonyl (C=O) groups excluding carboxylic acids is 4. The Morgan fingerprint density at radius 1 is 0.957 bits per heavy atom. The summed E-state index contributed by atoms with van der Waals surface area (Å²) in [5, 5.41) is 12.5. The van der Waals surface area contributed by atoms with E-state index >= 15 is 0 Å². The number of rotatable bonds is 6. The van der Waals surface area contributed by atoms with Crippen LogP contribution in [0.4, 0.5) is 5.69 Å². The van der Waals surface area contributed by atoms with Gasteiger partial charge in [-0.2, -0.15) is 0 Å². The van der Waals surface area contributed by atoms with Gasteiger partial charge in [0, 0.05) is 31.8 Å². The van der Waals surface area contributed by atoms with Gasteiger partial charge in [-0.15, -0.1) is 0 Å². The number of hydrogen-bond donors (Lipinski definition) is 2. The first kappa shape index (κ1) is 32.7. The number of nitrogens with zero attached hydrogens (tertiary/aromatic N) is 2. The van der Waals surface area contributed by atoms with Crippen molar-refractivity contribution >= 4 is 29.4 Å². The molecule has 7 atom stereocenters. The van der Waals surface area contributed by atoms with Crippen molar-refractivity contribution in [3.8, 4) is 0 Å². The minimum Gasteiger partial charge on any atom is -0.455 e. The van der Waals surface area contributed by atoms with Gasteiger partial charge in [0.15, 0.2) is 0 Å². The van der Waals surface area contributed by atoms with Gasteiger partial charge in [-0.3, -0.25) is 19.2 Å². The molecular weight excluding hydrogens is 598 g/mol. The highest BCUT2D eigenvalue weighted by molar-refractivity contribution is 6.06. The highest BCUT2D eigenvalue weighted by atomic mass is 16.6. The Kier molecular flexibility index (Phi) is 9.34. The molecule has 1 spiro atoms. The molecule has 248 valence electrons. The number of ether oxygens (including phenoxy) is 2. The summed E-state index contributed by atoms with van der Waals surface area (Å²) >= 11 is 0. The fraction of sp³-hybridized carbons (Fsp3) is 0.459. The molecule has 0 aromatic heterocycles. The van der Waals surface area contributed by atoms with E-state index < -0.39 is 47.7 Å². The molecule has 2 aromatic carbocycles. The van der Waals surface area contributed by atoms with Crippen LogP contribution in [0.25, 0.3) is 0 Å². The Balaban J connectivity index is 1.45. The predicted molar refractivity (Wildman–Crippen MR) is 175 cm³/mol. The number of hydrogen-bond acceptors (Lipinski definition) is 7. The summed E-state index contributed by atoms with van der Waals surface area (Å²) in [6.07, 6.45) is 7.11. The fourth-order valence-corrected chi connectivity index (χ4v) is 7.77. The number of aliphatic hydroxyl groups is 1. The van der Waals surface area contributed by atoms with Crippen LogP contribution in [0.3, 0.4) is 0 Å². The molecule has 2 N–H and O–H groups in total. The Hall–Kier alpha value is -4.28. The van der Waals surface area contributed by atoms with E-state index in [9.17, 15) is 24.3 Å². The molecule has 0 aliphatic carbocycles. The minimum atomic E-state index is -1.43. The molecule has 0 radical (unpaired) electrons. The fourth-order valence-electron chi connectivity index (χ4n) is 7.77. The lowest BCUT2D eigenvalue weighted by atomic mass is 9.77. The quantitative estimate of drug-likeness (QED) is 0.280. The molecule has 47 heavy (non-hydrogen) atoms. The molecule has 0 saturated carbocycles. The first-order valence-electron chi connectivity index (χ1n) is 16.5. The Bertz CT molecular complexity index is 1570. The summed E-state index contributed by atoms with van der Waals surface area (Å²) in [7, 11) is 0. The zero-order valence-electron chi connectivity index (χ0n) is 27.1. The van der Waals surface area contributed by atoms with E-state index in [1.54, 1.807) is 28.9 Å². The molecule has 4 aliphatic rings. The lowest BCUT2D eigenvalue weighted by Gasteiger charge is -2.36. The summed E-state index contributed by atoms with van der Waals surface area (Å²) in [6.45, 7) is 6.16. The van der Waals surface area contributed by atoms with Gasteiger partial charge in [0.05, 0.1) is 18.1 Å². The summed E-state index contributed by atoms with van der Waals surface area (Å²) in [5.41, 5.74) is 1.92. The van der Waals surface area contributed by atoms with Crippen molar-refractivity contribution in [1.82, 2.24) is 10.2 Å². The van der Waals surface area contributed by atoms with Crippen LogP contribution in [0.15, 0.2) is 72.8 Å². The first-order valence-corrected chi connectivity index (χ1v) is 16.5. The molecule has 2 aromatic rings. The summed E-state index contributed by atoms with van der Waals surface area (Å²) in [6, 6.07) is 13.5. The number of unbranched alkanes of at least 4 members (excludes halogenated alkanes) is 1. The number of carbonyl (C=O) groups is 4. The maximum absolute atomic E-state index is 14.8. The van der Waals surface area contributed by atoms with Crippen molar-refractivity contribution in [3.63, 3.8) is 0 Å². The van der Waals surface area contributed by atoms with Crippen LogP contribution >= 0.6 is 0 Å². The van der Waals surface area contributed by atoms with E-state index in [0.29, 0.717) is 24.8 Å². The number of fused-ring (bicyclic) bond motifs is 2. The largest absolute Gasteiger partial charge is 0.455 e. The van der Waals surface area contributed by atoms with Crippen LogP contribution in [-0.4, -0.2) is 77.2 Å². The molecule has 2 fully saturated rings. The lowest BCUT2D eigenvalue weighted by Crippen LogP contribution is -2.55. The molecule has 6 rings (SSSR count). The van der Waals surface area contributed by atoms with Gasteiger partial charge in [-0.25, -0.2) is 0 Å². The third-order valence-corrected chi connectivity index (χ3v) is 9.86. The molecule has 4 heterocycles. The second-order valence-electron chi connectivity index (χ2n) is 13.0. The summed E-state index contributed by atoms with van der Waals surface area (Å²) in [5.74, 6) is -3.49. The van der Waals surface area contributed by atoms with Crippen molar-refractivity contribution in [3.05, 3.63) is 89.5 Å². The summed E-state index contributed by atoms with van der Waals surface area (Å²) in [4.78, 5) is 59.8. The third-order valence-electron chi connectivity index (χ3n) is 9.86. The van der Waals surface area contributed by atoms with Crippen molar-refractivity contribution in [2.75, 3.05) is 24.6 Å². The normalized spacial score (nSPS) is 31.6. The number of allylic oxidation sites excluding steroid dienone is 1. The van der Waals surface area contributed by atoms with Crippen molar-refractivity contribution in [1.29, 1.82) is 0 Å². The molecule has 10 heteroatoms.